The van der Waals surface area contributed by atoms with Crippen LogP contribution in [0.2, 0.25) is 0 Å². The zero-order chi connectivity index (χ0) is 13.6. The molecule has 0 aromatic heterocycles. The van der Waals surface area contributed by atoms with Crippen molar-refractivity contribution in [1.29, 1.82) is 0 Å². The van der Waals surface area contributed by atoms with Gasteiger partial charge in [0.15, 0.2) is 0 Å². The number of para-hydroxylation sites is 1. The van der Waals surface area contributed by atoms with Crippen molar-refractivity contribution in [3.63, 3.8) is 0 Å². The van der Waals surface area contributed by atoms with Gasteiger partial charge >= 0.3 is 0 Å². The van der Waals surface area contributed by atoms with Gasteiger partial charge in [-0.2, -0.15) is 0 Å². The molecule has 0 amide bonds. The lowest BCUT2D eigenvalue weighted by molar-refractivity contribution is 0.108. The highest BCUT2D eigenvalue weighted by atomic mass is 16.5. The molecular formula is C16H19NO2. The largest absolute Gasteiger partial charge is 0.491 e. The molecule has 0 radical (unpaired) electrons. The van der Waals surface area contributed by atoms with Gasteiger partial charge in [0.05, 0.1) is 6.61 Å². The van der Waals surface area contributed by atoms with Gasteiger partial charge in [0.2, 0.25) is 0 Å². The summed E-state index contributed by atoms with van der Waals surface area (Å²) in [7, 11) is 1.83. The van der Waals surface area contributed by atoms with Gasteiger partial charge in [-0.1, -0.05) is 48.5 Å². The van der Waals surface area contributed by atoms with Crippen molar-refractivity contribution in [2.75, 3.05) is 20.3 Å². The average molecular weight is 257 g/mol. The maximum absolute atomic E-state index is 9.77. The molecule has 1 unspecified atom stereocenters. The summed E-state index contributed by atoms with van der Waals surface area (Å²) in [6, 6.07) is 19.5. The minimum Gasteiger partial charge on any atom is -0.491 e. The van der Waals surface area contributed by atoms with E-state index in [1.54, 1.807) is 0 Å². The highest BCUT2D eigenvalue weighted by Crippen LogP contribution is 2.22. The van der Waals surface area contributed by atoms with Crippen LogP contribution in [0.1, 0.15) is 5.56 Å². The number of rotatable bonds is 6. The summed E-state index contributed by atoms with van der Waals surface area (Å²) in [6.07, 6.45) is 0. The van der Waals surface area contributed by atoms with Crippen molar-refractivity contribution in [1.82, 2.24) is 5.32 Å². The van der Waals surface area contributed by atoms with Crippen LogP contribution in [0.25, 0.3) is 0 Å². The first kappa shape index (κ1) is 13.6. The standard InChI is InChI=1S/C16H19NO2/c1-17-16(12-18,14-8-4-2-5-9-14)13-19-15-10-6-3-7-11-15/h2-11,17-18H,12-13H2,1H3. The second-order valence-corrected chi connectivity index (χ2v) is 4.46. The van der Waals surface area contributed by atoms with Crippen LogP contribution in [0, 0.1) is 0 Å². The lowest BCUT2D eigenvalue weighted by Gasteiger charge is -2.32. The molecule has 2 aromatic rings. The SMILES string of the molecule is CNC(CO)(COc1ccccc1)c1ccccc1. The Morgan fingerprint density at radius 2 is 1.58 bits per heavy atom. The summed E-state index contributed by atoms with van der Waals surface area (Å²) in [5.41, 5.74) is 0.424. The van der Waals surface area contributed by atoms with E-state index in [1.807, 2.05) is 67.7 Å². The molecule has 2 rings (SSSR count). The molecule has 100 valence electrons. The van der Waals surface area contributed by atoms with E-state index in [0.717, 1.165) is 11.3 Å². The van der Waals surface area contributed by atoms with Crippen molar-refractivity contribution in [2.45, 2.75) is 5.54 Å². The van der Waals surface area contributed by atoms with Gasteiger partial charge in [-0.05, 0) is 24.7 Å². The number of benzene rings is 2. The fourth-order valence-electron chi connectivity index (χ4n) is 2.00. The van der Waals surface area contributed by atoms with Crippen LogP contribution in [0.5, 0.6) is 5.75 Å². The predicted octanol–water partition coefficient (Wildman–Crippen LogP) is 2.17. The molecule has 0 spiro atoms. The molecule has 0 aliphatic carbocycles. The molecule has 3 heteroatoms. The van der Waals surface area contributed by atoms with Gasteiger partial charge in [0, 0.05) is 0 Å². The van der Waals surface area contributed by atoms with Crippen molar-refractivity contribution in [2.24, 2.45) is 0 Å². The Bertz CT molecular complexity index is 481. The van der Waals surface area contributed by atoms with Gasteiger partial charge in [-0.3, -0.25) is 0 Å². The Morgan fingerprint density at radius 3 is 2.11 bits per heavy atom. The summed E-state index contributed by atoms with van der Waals surface area (Å²) < 4.78 is 5.79. The Kier molecular flexibility index (Phi) is 4.55. The van der Waals surface area contributed by atoms with E-state index in [2.05, 4.69) is 5.32 Å². The second-order valence-electron chi connectivity index (χ2n) is 4.46. The minimum atomic E-state index is -0.586. The van der Waals surface area contributed by atoms with E-state index < -0.39 is 5.54 Å². The van der Waals surface area contributed by atoms with Crippen molar-refractivity contribution >= 4 is 0 Å². The Balaban J connectivity index is 2.16. The number of hydrogen-bond donors (Lipinski definition) is 2. The van der Waals surface area contributed by atoms with Gasteiger partial charge in [0.25, 0.3) is 0 Å². The molecule has 3 nitrogen and oxygen atoms in total. The molecule has 19 heavy (non-hydrogen) atoms. The molecule has 2 aromatic carbocycles. The molecule has 0 saturated heterocycles. The van der Waals surface area contributed by atoms with E-state index in [1.165, 1.54) is 0 Å². The zero-order valence-electron chi connectivity index (χ0n) is 11.0. The average Bonchev–Trinajstić information content (AvgIpc) is 2.51. The molecule has 0 aliphatic heterocycles. The molecule has 2 N–H and O–H groups in total. The molecule has 0 saturated carbocycles. The molecular weight excluding hydrogens is 238 g/mol. The number of likely N-dealkylation sites (N-methyl/N-ethyl adjacent to an activating group) is 1. The quantitative estimate of drug-likeness (QED) is 0.833. The molecule has 0 bridgehead atoms. The number of aliphatic hydroxyl groups excluding tert-OH is 1. The van der Waals surface area contributed by atoms with E-state index in [4.69, 9.17) is 4.74 Å². The molecule has 0 fully saturated rings. The summed E-state index contributed by atoms with van der Waals surface area (Å²) >= 11 is 0. The van der Waals surface area contributed by atoms with Crippen molar-refractivity contribution in [3.05, 3.63) is 66.2 Å². The Morgan fingerprint density at radius 1 is 1.00 bits per heavy atom. The van der Waals surface area contributed by atoms with E-state index in [9.17, 15) is 5.11 Å². The van der Waals surface area contributed by atoms with Crippen LogP contribution >= 0.6 is 0 Å². The van der Waals surface area contributed by atoms with Gasteiger partial charge in [0.1, 0.15) is 17.9 Å². The van der Waals surface area contributed by atoms with Gasteiger partial charge < -0.3 is 15.2 Å². The first-order valence-corrected chi connectivity index (χ1v) is 6.34. The monoisotopic (exact) mass is 257 g/mol. The van der Waals surface area contributed by atoms with Gasteiger partial charge in [-0.25, -0.2) is 0 Å². The first-order valence-electron chi connectivity index (χ1n) is 6.34. The molecule has 0 heterocycles. The number of aliphatic hydroxyl groups is 1. The van der Waals surface area contributed by atoms with E-state index >= 15 is 0 Å². The van der Waals surface area contributed by atoms with Crippen LogP contribution in [-0.2, 0) is 5.54 Å². The molecule has 0 aliphatic rings. The normalized spacial score (nSPS) is 13.8. The maximum Gasteiger partial charge on any atom is 0.119 e. The number of nitrogens with one attached hydrogen (secondary N) is 1. The van der Waals surface area contributed by atoms with E-state index in [0.29, 0.717) is 6.61 Å². The summed E-state index contributed by atoms with van der Waals surface area (Å²) in [5.74, 6) is 0.798. The number of ether oxygens (including phenoxy) is 1. The van der Waals surface area contributed by atoms with Crippen molar-refractivity contribution in [3.8, 4) is 5.75 Å². The van der Waals surface area contributed by atoms with Crippen LogP contribution in [0.4, 0.5) is 0 Å². The maximum atomic E-state index is 9.77. The molecule has 1 atom stereocenters. The zero-order valence-corrected chi connectivity index (χ0v) is 11.0. The third-order valence-electron chi connectivity index (χ3n) is 3.30. The summed E-state index contributed by atoms with van der Waals surface area (Å²) in [4.78, 5) is 0. The highest BCUT2D eigenvalue weighted by molar-refractivity contribution is 5.26. The van der Waals surface area contributed by atoms with Crippen LogP contribution in [0.3, 0.4) is 0 Å². The summed E-state index contributed by atoms with van der Waals surface area (Å²) in [6.45, 7) is 0.342. The second kappa shape index (κ2) is 6.36. The lowest BCUT2D eigenvalue weighted by atomic mass is 9.92. The predicted molar refractivity (Wildman–Crippen MR) is 76.2 cm³/mol. The van der Waals surface area contributed by atoms with Crippen molar-refractivity contribution < 1.29 is 9.84 Å². The highest BCUT2D eigenvalue weighted by Gasteiger charge is 2.30. The van der Waals surface area contributed by atoms with Crippen LogP contribution in [-0.4, -0.2) is 25.4 Å². The number of hydrogen-bond acceptors (Lipinski definition) is 3. The van der Waals surface area contributed by atoms with Crippen LogP contribution < -0.4 is 10.1 Å². The van der Waals surface area contributed by atoms with E-state index in [-0.39, 0.29) is 6.61 Å². The van der Waals surface area contributed by atoms with Crippen LogP contribution in [0.15, 0.2) is 60.7 Å². The third kappa shape index (κ3) is 3.13. The Labute approximate surface area is 113 Å². The first-order chi connectivity index (χ1) is 9.30. The summed E-state index contributed by atoms with van der Waals surface area (Å²) in [5, 5.41) is 12.9. The third-order valence-corrected chi connectivity index (χ3v) is 3.30. The topological polar surface area (TPSA) is 41.5 Å². The lowest BCUT2D eigenvalue weighted by Crippen LogP contribution is -2.48. The van der Waals surface area contributed by atoms with Gasteiger partial charge in [-0.15, -0.1) is 0 Å². The smallest absolute Gasteiger partial charge is 0.119 e. The minimum absolute atomic E-state index is 0.0274. The Hall–Kier alpha value is -1.84. The fraction of sp³-hybridized carbons (Fsp3) is 0.250. The fourth-order valence-corrected chi connectivity index (χ4v) is 2.00.